The zero-order valence-electron chi connectivity index (χ0n) is 10.5. The minimum absolute atomic E-state index is 0.119. The van der Waals surface area contributed by atoms with Crippen LogP contribution in [0.4, 0.5) is 10.8 Å². The van der Waals surface area contributed by atoms with Gasteiger partial charge in [0.2, 0.25) is 5.13 Å². The molecule has 2 aromatic rings. The normalized spacial score (nSPS) is 10.4. The lowest BCUT2D eigenvalue weighted by Crippen LogP contribution is -2.04. The highest BCUT2D eigenvalue weighted by atomic mass is 32.1. The Labute approximate surface area is 114 Å². The summed E-state index contributed by atoms with van der Waals surface area (Å²) < 4.78 is 4.18. The molecule has 100 valence electrons. The Morgan fingerprint density at radius 3 is 2.68 bits per heavy atom. The van der Waals surface area contributed by atoms with Gasteiger partial charge < -0.3 is 5.32 Å². The average Bonchev–Trinajstić information content (AvgIpc) is 2.87. The molecule has 1 aromatic carbocycles. The molecular weight excluding hydrogens is 264 g/mol. The number of hydrogen-bond donors (Lipinski definition) is 1. The molecule has 0 spiro atoms. The standard InChI is InChI=1S/C12H14N4O2S/c1-2-11-14-12(19-15-11)13-8-7-9-3-5-10(6-4-9)16(17)18/h3-6H,2,7-8H2,1H3,(H,13,14,15). The summed E-state index contributed by atoms with van der Waals surface area (Å²) in [5, 5.41) is 14.5. The van der Waals surface area contributed by atoms with Gasteiger partial charge in [0.25, 0.3) is 5.69 Å². The van der Waals surface area contributed by atoms with Crippen LogP contribution in [0, 0.1) is 10.1 Å². The maximum Gasteiger partial charge on any atom is 0.269 e. The number of nitro benzene ring substituents is 1. The maximum atomic E-state index is 10.5. The monoisotopic (exact) mass is 278 g/mol. The van der Waals surface area contributed by atoms with E-state index in [4.69, 9.17) is 0 Å². The summed E-state index contributed by atoms with van der Waals surface area (Å²) in [4.78, 5) is 14.4. The summed E-state index contributed by atoms with van der Waals surface area (Å²) in [5.41, 5.74) is 1.17. The number of non-ortho nitro benzene ring substituents is 1. The summed E-state index contributed by atoms with van der Waals surface area (Å²) in [6.45, 7) is 2.75. The number of rotatable bonds is 6. The highest BCUT2D eigenvalue weighted by molar-refractivity contribution is 7.09. The Morgan fingerprint density at radius 1 is 1.37 bits per heavy atom. The van der Waals surface area contributed by atoms with E-state index in [0.29, 0.717) is 0 Å². The van der Waals surface area contributed by atoms with E-state index >= 15 is 0 Å². The lowest BCUT2D eigenvalue weighted by Gasteiger charge is -2.02. The molecule has 0 radical (unpaired) electrons. The Kier molecular flexibility index (Phi) is 4.40. The number of aryl methyl sites for hydroxylation is 1. The Hall–Kier alpha value is -2.02. The summed E-state index contributed by atoms with van der Waals surface area (Å²) in [7, 11) is 0. The SMILES string of the molecule is CCc1nsc(NCCc2ccc([N+](=O)[O-])cc2)n1. The van der Waals surface area contributed by atoms with Crippen molar-refractivity contribution in [1.82, 2.24) is 9.36 Å². The number of nitrogens with one attached hydrogen (secondary N) is 1. The van der Waals surface area contributed by atoms with Crippen LogP contribution in [0.1, 0.15) is 18.3 Å². The lowest BCUT2D eigenvalue weighted by atomic mass is 10.1. The quantitative estimate of drug-likeness (QED) is 0.649. The van der Waals surface area contributed by atoms with Gasteiger partial charge >= 0.3 is 0 Å². The fourth-order valence-corrected chi connectivity index (χ4v) is 2.24. The van der Waals surface area contributed by atoms with E-state index in [0.717, 1.165) is 35.9 Å². The molecule has 0 fully saturated rings. The van der Waals surface area contributed by atoms with Crippen molar-refractivity contribution in [3.05, 3.63) is 45.8 Å². The second-order valence-corrected chi connectivity index (χ2v) is 4.72. The largest absolute Gasteiger partial charge is 0.360 e. The van der Waals surface area contributed by atoms with E-state index in [1.807, 2.05) is 6.92 Å². The van der Waals surface area contributed by atoms with Gasteiger partial charge in [-0.2, -0.15) is 4.37 Å². The van der Waals surface area contributed by atoms with Crippen LogP contribution in [0.5, 0.6) is 0 Å². The van der Waals surface area contributed by atoms with Crippen LogP contribution in [-0.2, 0) is 12.8 Å². The Morgan fingerprint density at radius 2 is 2.11 bits per heavy atom. The first-order valence-electron chi connectivity index (χ1n) is 5.99. The van der Waals surface area contributed by atoms with Crippen molar-refractivity contribution in [3.63, 3.8) is 0 Å². The van der Waals surface area contributed by atoms with Gasteiger partial charge in [0, 0.05) is 36.6 Å². The molecule has 1 aromatic heterocycles. The molecule has 0 amide bonds. The third kappa shape index (κ3) is 3.72. The van der Waals surface area contributed by atoms with Crippen LogP contribution in [0.3, 0.4) is 0 Å². The van der Waals surface area contributed by atoms with Crippen LogP contribution < -0.4 is 5.32 Å². The molecule has 0 aliphatic heterocycles. The Balaban J connectivity index is 1.83. The van der Waals surface area contributed by atoms with Crippen LogP contribution in [0.25, 0.3) is 0 Å². The first kappa shape index (κ1) is 13.4. The Bertz CT molecular complexity index is 553. The van der Waals surface area contributed by atoms with Gasteiger partial charge in [-0.25, -0.2) is 4.98 Å². The molecule has 0 aliphatic rings. The second-order valence-electron chi connectivity index (χ2n) is 3.97. The van der Waals surface area contributed by atoms with Crippen LogP contribution >= 0.6 is 11.5 Å². The molecule has 7 heteroatoms. The van der Waals surface area contributed by atoms with Crippen LogP contribution in [0.2, 0.25) is 0 Å². The minimum Gasteiger partial charge on any atom is -0.360 e. The number of anilines is 1. The molecule has 0 bridgehead atoms. The summed E-state index contributed by atoms with van der Waals surface area (Å²) in [6.07, 6.45) is 1.62. The average molecular weight is 278 g/mol. The van der Waals surface area contributed by atoms with Crippen molar-refractivity contribution >= 4 is 22.4 Å². The number of nitro groups is 1. The highest BCUT2D eigenvalue weighted by Crippen LogP contribution is 2.14. The molecule has 0 atom stereocenters. The van der Waals surface area contributed by atoms with Crippen LogP contribution in [0.15, 0.2) is 24.3 Å². The van der Waals surface area contributed by atoms with E-state index in [2.05, 4.69) is 14.7 Å². The molecule has 0 saturated heterocycles. The summed E-state index contributed by atoms with van der Waals surface area (Å²) in [5.74, 6) is 0.850. The molecule has 0 aliphatic carbocycles. The summed E-state index contributed by atoms with van der Waals surface area (Å²) in [6, 6.07) is 6.60. The van der Waals surface area contributed by atoms with Gasteiger partial charge in [-0.05, 0) is 12.0 Å². The minimum atomic E-state index is -0.393. The van der Waals surface area contributed by atoms with Gasteiger partial charge in [0.15, 0.2) is 0 Å². The third-order valence-electron chi connectivity index (χ3n) is 2.62. The lowest BCUT2D eigenvalue weighted by molar-refractivity contribution is -0.384. The molecule has 0 unspecified atom stereocenters. The number of nitrogens with zero attached hydrogens (tertiary/aromatic N) is 3. The zero-order valence-corrected chi connectivity index (χ0v) is 11.3. The van der Waals surface area contributed by atoms with Gasteiger partial charge in [-0.3, -0.25) is 10.1 Å². The maximum absolute atomic E-state index is 10.5. The van der Waals surface area contributed by atoms with Crippen molar-refractivity contribution in [3.8, 4) is 0 Å². The van der Waals surface area contributed by atoms with Crippen molar-refractivity contribution < 1.29 is 4.92 Å². The van der Waals surface area contributed by atoms with E-state index < -0.39 is 4.92 Å². The number of benzene rings is 1. The van der Waals surface area contributed by atoms with E-state index in [1.165, 1.54) is 23.7 Å². The van der Waals surface area contributed by atoms with Gasteiger partial charge in [-0.15, -0.1) is 0 Å². The molecule has 0 saturated carbocycles. The molecule has 1 heterocycles. The van der Waals surface area contributed by atoms with E-state index in [-0.39, 0.29) is 5.69 Å². The zero-order chi connectivity index (χ0) is 13.7. The smallest absolute Gasteiger partial charge is 0.269 e. The highest BCUT2D eigenvalue weighted by Gasteiger charge is 2.04. The first-order chi connectivity index (χ1) is 9.19. The van der Waals surface area contributed by atoms with Gasteiger partial charge in [-0.1, -0.05) is 19.1 Å². The fourth-order valence-electron chi connectivity index (χ4n) is 1.57. The molecule has 2 rings (SSSR count). The van der Waals surface area contributed by atoms with E-state index in [9.17, 15) is 10.1 Å². The second kappa shape index (κ2) is 6.24. The van der Waals surface area contributed by atoms with Crippen molar-refractivity contribution in [2.24, 2.45) is 0 Å². The van der Waals surface area contributed by atoms with Gasteiger partial charge in [0.1, 0.15) is 5.82 Å². The molecule has 1 N–H and O–H groups in total. The predicted molar refractivity (Wildman–Crippen MR) is 74.6 cm³/mol. The van der Waals surface area contributed by atoms with Gasteiger partial charge in [0.05, 0.1) is 4.92 Å². The predicted octanol–water partition coefficient (Wildman–Crippen LogP) is 2.66. The number of aromatic nitrogens is 2. The topological polar surface area (TPSA) is 81.0 Å². The molecular formula is C12H14N4O2S. The summed E-state index contributed by atoms with van der Waals surface area (Å²) >= 11 is 1.35. The van der Waals surface area contributed by atoms with Crippen molar-refractivity contribution in [2.75, 3.05) is 11.9 Å². The number of hydrogen-bond acceptors (Lipinski definition) is 6. The van der Waals surface area contributed by atoms with Crippen LogP contribution in [-0.4, -0.2) is 20.8 Å². The fraction of sp³-hybridized carbons (Fsp3) is 0.333. The molecule has 6 nitrogen and oxygen atoms in total. The molecule has 19 heavy (non-hydrogen) atoms. The van der Waals surface area contributed by atoms with Crippen molar-refractivity contribution in [1.29, 1.82) is 0 Å². The van der Waals surface area contributed by atoms with Crippen molar-refractivity contribution in [2.45, 2.75) is 19.8 Å². The van der Waals surface area contributed by atoms with E-state index in [1.54, 1.807) is 12.1 Å². The third-order valence-corrected chi connectivity index (χ3v) is 3.33. The first-order valence-corrected chi connectivity index (χ1v) is 6.76.